The molecule has 1 saturated carbocycles. The Morgan fingerprint density at radius 3 is 2.74 bits per heavy atom. The minimum absolute atomic E-state index is 0.0528. The van der Waals surface area contributed by atoms with Gasteiger partial charge in [-0.15, -0.1) is 0 Å². The van der Waals surface area contributed by atoms with Gasteiger partial charge in [0.25, 0.3) is 0 Å². The van der Waals surface area contributed by atoms with Gasteiger partial charge in [0.1, 0.15) is 11.7 Å². The van der Waals surface area contributed by atoms with Crippen LogP contribution in [-0.4, -0.2) is 25.5 Å². The molecule has 0 N–H and O–H groups in total. The van der Waals surface area contributed by atoms with Gasteiger partial charge in [0.05, 0.1) is 13.7 Å². The minimum atomic E-state index is -0.616. The number of rotatable bonds is 4. The summed E-state index contributed by atoms with van der Waals surface area (Å²) in [4.78, 5) is 24.0. The number of carbonyl (C=O) groups excluding carboxylic acids is 2. The minimum Gasteiger partial charge on any atom is -0.496 e. The molecule has 4 heteroatoms. The number of carbonyl (C=O) groups is 2. The SMILES string of the molecule is CCOC(=O)C1CCC(c2ccccc2OC)C1=O. The Balaban J connectivity index is 2.20. The maximum absolute atomic E-state index is 12.3. The van der Waals surface area contributed by atoms with Crippen molar-refractivity contribution in [3.05, 3.63) is 29.8 Å². The maximum Gasteiger partial charge on any atom is 0.316 e. The predicted molar refractivity (Wildman–Crippen MR) is 70.1 cm³/mol. The number of hydrogen-bond acceptors (Lipinski definition) is 4. The molecule has 1 aliphatic rings. The quantitative estimate of drug-likeness (QED) is 0.617. The average Bonchev–Trinajstić information content (AvgIpc) is 2.80. The van der Waals surface area contributed by atoms with Crippen LogP contribution in [-0.2, 0) is 14.3 Å². The molecular weight excluding hydrogens is 244 g/mol. The fraction of sp³-hybridized carbons (Fsp3) is 0.467. The van der Waals surface area contributed by atoms with Crippen molar-refractivity contribution in [2.75, 3.05) is 13.7 Å². The standard InChI is InChI=1S/C15H18O4/c1-3-19-15(17)12-9-8-11(14(12)16)10-6-4-5-7-13(10)18-2/h4-7,11-12H,3,8-9H2,1-2H3. The van der Waals surface area contributed by atoms with E-state index >= 15 is 0 Å². The highest BCUT2D eigenvalue weighted by Gasteiger charge is 2.41. The largest absolute Gasteiger partial charge is 0.496 e. The number of methoxy groups -OCH3 is 1. The van der Waals surface area contributed by atoms with Gasteiger partial charge < -0.3 is 9.47 Å². The Bertz CT molecular complexity index is 481. The summed E-state index contributed by atoms with van der Waals surface area (Å²) in [5.74, 6) is -0.626. The van der Waals surface area contributed by atoms with E-state index in [0.29, 0.717) is 25.2 Å². The van der Waals surface area contributed by atoms with Crippen LogP contribution in [0.2, 0.25) is 0 Å². The Labute approximate surface area is 112 Å². The topological polar surface area (TPSA) is 52.6 Å². The predicted octanol–water partition coefficient (Wildman–Crippen LogP) is 2.32. The smallest absolute Gasteiger partial charge is 0.316 e. The number of esters is 1. The first-order valence-electron chi connectivity index (χ1n) is 6.52. The lowest BCUT2D eigenvalue weighted by molar-refractivity contribution is -0.150. The van der Waals surface area contributed by atoms with Crippen LogP contribution in [0, 0.1) is 5.92 Å². The zero-order valence-corrected chi connectivity index (χ0v) is 11.2. The summed E-state index contributed by atoms with van der Waals surface area (Å²) in [5.41, 5.74) is 0.863. The van der Waals surface area contributed by atoms with E-state index in [4.69, 9.17) is 9.47 Å². The molecule has 0 saturated heterocycles. The first kappa shape index (κ1) is 13.6. The molecule has 0 aliphatic heterocycles. The molecule has 0 spiro atoms. The molecule has 1 aromatic rings. The summed E-state index contributed by atoms with van der Waals surface area (Å²) < 4.78 is 10.2. The van der Waals surface area contributed by atoms with Gasteiger partial charge in [-0.25, -0.2) is 0 Å². The van der Waals surface area contributed by atoms with Crippen LogP contribution < -0.4 is 4.74 Å². The zero-order valence-electron chi connectivity index (χ0n) is 11.2. The van der Waals surface area contributed by atoms with Crippen molar-refractivity contribution >= 4 is 11.8 Å². The molecule has 4 nitrogen and oxygen atoms in total. The van der Waals surface area contributed by atoms with E-state index in [9.17, 15) is 9.59 Å². The van der Waals surface area contributed by atoms with Crippen LogP contribution in [0.1, 0.15) is 31.2 Å². The van der Waals surface area contributed by atoms with E-state index in [0.717, 1.165) is 5.56 Å². The van der Waals surface area contributed by atoms with Gasteiger partial charge in [-0.2, -0.15) is 0 Å². The number of ketones is 1. The Kier molecular flexibility index (Phi) is 4.20. The summed E-state index contributed by atoms with van der Waals surface area (Å²) >= 11 is 0. The van der Waals surface area contributed by atoms with Gasteiger partial charge in [-0.05, 0) is 25.8 Å². The summed E-state index contributed by atoms with van der Waals surface area (Å²) in [6.07, 6.45) is 1.23. The molecular formula is C15H18O4. The molecule has 0 heterocycles. The molecule has 0 bridgehead atoms. The lowest BCUT2D eigenvalue weighted by atomic mass is 9.94. The first-order valence-corrected chi connectivity index (χ1v) is 6.52. The Morgan fingerprint density at radius 2 is 2.05 bits per heavy atom. The molecule has 102 valence electrons. The van der Waals surface area contributed by atoms with Crippen molar-refractivity contribution in [3.63, 3.8) is 0 Å². The van der Waals surface area contributed by atoms with E-state index in [2.05, 4.69) is 0 Å². The number of benzene rings is 1. The third-order valence-electron chi connectivity index (χ3n) is 3.52. The van der Waals surface area contributed by atoms with Crippen molar-refractivity contribution in [3.8, 4) is 5.75 Å². The number of ether oxygens (including phenoxy) is 2. The number of para-hydroxylation sites is 1. The van der Waals surface area contributed by atoms with E-state index in [1.807, 2.05) is 24.3 Å². The maximum atomic E-state index is 12.3. The van der Waals surface area contributed by atoms with Gasteiger partial charge in [0.2, 0.25) is 0 Å². The van der Waals surface area contributed by atoms with E-state index < -0.39 is 11.9 Å². The van der Waals surface area contributed by atoms with Crippen LogP contribution in [0.25, 0.3) is 0 Å². The first-order chi connectivity index (χ1) is 9.19. The second kappa shape index (κ2) is 5.87. The Morgan fingerprint density at radius 1 is 1.32 bits per heavy atom. The third-order valence-corrected chi connectivity index (χ3v) is 3.52. The summed E-state index contributed by atoms with van der Waals surface area (Å²) in [7, 11) is 1.58. The highest BCUT2D eigenvalue weighted by molar-refractivity contribution is 6.04. The van der Waals surface area contributed by atoms with Crippen molar-refractivity contribution in [1.29, 1.82) is 0 Å². The average molecular weight is 262 g/mol. The van der Waals surface area contributed by atoms with Crippen LogP contribution in [0.3, 0.4) is 0 Å². The van der Waals surface area contributed by atoms with Crippen molar-refractivity contribution in [2.24, 2.45) is 5.92 Å². The molecule has 1 fully saturated rings. The second-order valence-electron chi connectivity index (χ2n) is 4.58. The lowest BCUT2D eigenvalue weighted by Gasteiger charge is -2.13. The van der Waals surface area contributed by atoms with Gasteiger partial charge in [0, 0.05) is 11.5 Å². The van der Waals surface area contributed by atoms with E-state index in [-0.39, 0.29) is 11.7 Å². The summed E-state index contributed by atoms with van der Waals surface area (Å²) in [6.45, 7) is 2.05. The molecule has 0 radical (unpaired) electrons. The lowest BCUT2D eigenvalue weighted by Crippen LogP contribution is -2.23. The van der Waals surface area contributed by atoms with Crippen molar-refractivity contribution in [1.82, 2.24) is 0 Å². The van der Waals surface area contributed by atoms with Gasteiger partial charge in [-0.3, -0.25) is 9.59 Å². The van der Waals surface area contributed by atoms with Gasteiger partial charge >= 0.3 is 5.97 Å². The van der Waals surface area contributed by atoms with E-state index in [1.165, 1.54) is 0 Å². The molecule has 2 unspecified atom stereocenters. The zero-order chi connectivity index (χ0) is 13.8. The highest BCUT2D eigenvalue weighted by atomic mass is 16.5. The van der Waals surface area contributed by atoms with E-state index in [1.54, 1.807) is 14.0 Å². The number of Topliss-reactive ketones (excluding diaryl/α,β-unsaturated/α-hetero) is 1. The van der Waals surface area contributed by atoms with Crippen LogP contribution >= 0.6 is 0 Å². The molecule has 0 amide bonds. The summed E-state index contributed by atoms with van der Waals surface area (Å²) in [6, 6.07) is 7.46. The molecule has 1 aliphatic carbocycles. The van der Waals surface area contributed by atoms with Crippen molar-refractivity contribution in [2.45, 2.75) is 25.7 Å². The van der Waals surface area contributed by atoms with Gasteiger partial charge in [0.15, 0.2) is 5.78 Å². The van der Waals surface area contributed by atoms with Crippen LogP contribution in [0.4, 0.5) is 0 Å². The van der Waals surface area contributed by atoms with Gasteiger partial charge in [-0.1, -0.05) is 18.2 Å². The molecule has 1 aromatic carbocycles. The second-order valence-corrected chi connectivity index (χ2v) is 4.58. The highest BCUT2D eigenvalue weighted by Crippen LogP contribution is 2.39. The number of hydrogen-bond donors (Lipinski definition) is 0. The molecule has 0 aromatic heterocycles. The normalized spacial score (nSPS) is 22.3. The monoisotopic (exact) mass is 262 g/mol. The third kappa shape index (κ3) is 2.62. The molecule has 19 heavy (non-hydrogen) atoms. The fourth-order valence-corrected chi connectivity index (χ4v) is 2.60. The molecule has 2 atom stereocenters. The van der Waals surface area contributed by atoms with Crippen LogP contribution in [0.5, 0.6) is 5.75 Å². The Hall–Kier alpha value is -1.84. The van der Waals surface area contributed by atoms with Crippen molar-refractivity contribution < 1.29 is 19.1 Å². The van der Waals surface area contributed by atoms with Crippen LogP contribution in [0.15, 0.2) is 24.3 Å². The fourth-order valence-electron chi connectivity index (χ4n) is 2.60. The molecule has 2 rings (SSSR count). The summed E-state index contributed by atoms with van der Waals surface area (Å²) in [5, 5.41) is 0.